The summed E-state index contributed by atoms with van der Waals surface area (Å²) in [6.07, 6.45) is 0. The quantitative estimate of drug-likeness (QED) is 0.543. The molecule has 0 nitrogen and oxygen atoms in total. The van der Waals surface area contributed by atoms with Crippen molar-refractivity contribution in [2.75, 3.05) is 0 Å². The average molecular weight is 270 g/mol. The highest BCUT2D eigenvalue weighted by molar-refractivity contribution is 14.1. The van der Waals surface area contributed by atoms with Crippen LogP contribution >= 0.6 is 34.2 Å². The first-order valence-electron chi connectivity index (χ1n) is 2.73. The largest absolute Gasteiger partial charge is 0.207 e. The maximum atomic E-state index is 12.6. The second-order valence-electron chi connectivity index (χ2n) is 1.91. The third kappa shape index (κ3) is 2.09. The summed E-state index contributed by atoms with van der Waals surface area (Å²) in [6, 6.07) is 4.77. The Bertz CT molecular complexity index is 217. The fourth-order valence-electron chi connectivity index (χ4n) is 0.688. The van der Waals surface area contributed by atoms with Gasteiger partial charge in [-0.3, -0.25) is 0 Å². The van der Waals surface area contributed by atoms with Crippen LogP contribution in [0.3, 0.4) is 0 Å². The van der Waals surface area contributed by atoms with Crippen molar-refractivity contribution >= 4 is 34.2 Å². The third-order valence-corrected chi connectivity index (χ3v) is 2.01. The van der Waals surface area contributed by atoms with Crippen LogP contribution < -0.4 is 0 Å². The van der Waals surface area contributed by atoms with Gasteiger partial charge in [-0.1, -0.05) is 0 Å². The van der Waals surface area contributed by atoms with Crippen molar-refractivity contribution in [3.8, 4) is 0 Å². The molecule has 0 aromatic heterocycles. The number of hydrogen-bond acceptors (Lipinski definition) is 0. The van der Waals surface area contributed by atoms with E-state index in [1.165, 1.54) is 12.1 Å². The van der Waals surface area contributed by atoms with Crippen LogP contribution in [0.5, 0.6) is 0 Å². The zero-order valence-electron chi connectivity index (χ0n) is 5.07. The minimum absolute atomic E-state index is 0.220. The first kappa shape index (κ1) is 8.27. The van der Waals surface area contributed by atoms with Crippen LogP contribution in [0.1, 0.15) is 5.56 Å². The molecule has 10 heavy (non-hydrogen) atoms. The highest BCUT2D eigenvalue weighted by Crippen LogP contribution is 2.12. The topological polar surface area (TPSA) is 0 Å². The minimum Gasteiger partial charge on any atom is -0.207 e. The van der Waals surface area contributed by atoms with Crippen LogP contribution in [0.25, 0.3) is 0 Å². The maximum absolute atomic E-state index is 12.6. The van der Waals surface area contributed by atoms with Gasteiger partial charge in [-0.2, -0.15) is 0 Å². The van der Waals surface area contributed by atoms with Crippen molar-refractivity contribution in [3.05, 3.63) is 33.1 Å². The molecule has 0 radical (unpaired) electrons. The second-order valence-corrected chi connectivity index (χ2v) is 3.42. The molecule has 0 bridgehead atoms. The summed E-state index contributed by atoms with van der Waals surface area (Å²) < 4.78 is 13.4. The van der Waals surface area contributed by atoms with Gasteiger partial charge in [0.05, 0.1) is 0 Å². The first-order valence-corrected chi connectivity index (χ1v) is 4.34. The molecular formula is C7H5ClFI. The van der Waals surface area contributed by atoms with Gasteiger partial charge < -0.3 is 0 Å². The Labute approximate surface area is 77.5 Å². The fraction of sp³-hybridized carbons (Fsp3) is 0.143. The van der Waals surface area contributed by atoms with Gasteiger partial charge in [-0.05, 0) is 46.4 Å². The summed E-state index contributed by atoms with van der Waals surface area (Å²) in [5, 5.41) is 0. The van der Waals surface area contributed by atoms with Crippen molar-refractivity contribution in [2.24, 2.45) is 0 Å². The van der Waals surface area contributed by atoms with Crippen molar-refractivity contribution in [1.82, 2.24) is 0 Å². The molecule has 0 saturated heterocycles. The predicted octanol–water partition coefficient (Wildman–Crippen LogP) is 3.17. The van der Waals surface area contributed by atoms with Crippen molar-refractivity contribution in [3.63, 3.8) is 0 Å². The summed E-state index contributed by atoms with van der Waals surface area (Å²) >= 11 is 7.56. The van der Waals surface area contributed by atoms with E-state index in [1.807, 2.05) is 6.07 Å². The van der Waals surface area contributed by atoms with E-state index in [-0.39, 0.29) is 5.82 Å². The molecule has 0 amide bonds. The smallest absolute Gasteiger partial charge is 0.124 e. The highest BCUT2D eigenvalue weighted by atomic mass is 127. The Morgan fingerprint density at radius 2 is 2.10 bits per heavy atom. The molecule has 0 atom stereocenters. The molecule has 0 aliphatic rings. The van der Waals surface area contributed by atoms with Gasteiger partial charge in [-0.25, -0.2) is 4.39 Å². The Morgan fingerprint density at radius 3 is 2.60 bits per heavy atom. The van der Waals surface area contributed by atoms with Gasteiger partial charge in [-0.15, -0.1) is 11.6 Å². The lowest BCUT2D eigenvalue weighted by molar-refractivity contribution is 0.625. The lowest BCUT2D eigenvalue weighted by atomic mass is 10.2. The molecule has 0 saturated carbocycles. The van der Waals surface area contributed by atoms with Gasteiger partial charge in [0.1, 0.15) is 5.82 Å². The first-order chi connectivity index (χ1) is 4.72. The molecule has 0 fully saturated rings. The van der Waals surface area contributed by atoms with Crippen LogP contribution in [-0.4, -0.2) is 0 Å². The van der Waals surface area contributed by atoms with Crippen LogP contribution in [-0.2, 0) is 5.88 Å². The van der Waals surface area contributed by atoms with Gasteiger partial charge in [0, 0.05) is 9.45 Å². The summed E-state index contributed by atoms with van der Waals surface area (Å²) in [5.74, 6) is 0.149. The second kappa shape index (κ2) is 3.53. The van der Waals surface area contributed by atoms with Crippen LogP contribution in [0.15, 0.2) is 18.2 Å². The van der Waals surface area contributed by atoms with E-state index in [0.717, 1.165) is 9.13 Å². The Hall–Kier alpha value is 0.170. The van der Waals surface area contributed by atoms with Gasteiger partial charge in [0.25, 0.3) is 0 Å². The molecule has 1 rings (SSSR count). The zero-order chi connectivity index (χ0) is 7.56. The summed E-state index contributed by atoms with van der Waals surface area (Å²) in [7, 11) is 0. The Morgan fingerprint density at radius 1 is 1.40 bits per heavy atom. The molecule has 1 aromatic carbocycles. The number of halogens is 3. The monoisotopic (exact) mass is 270 g/mol. The lowest BCUT2D eigenvalue weighted by Crippen LogP contribution is -1.82. The normalized spacial score (nSPS) is 9.90. The molecule has 0 N–H and O–H groups in total. The van der Waals surface area contributed by atoms with E-state index in [1.54, 1.807) is 0 Å². The number of hydrogen-bond donors (Lipinski definition) is 0. The van der Waals surface area contributed by atoms with E-state index >= 15 is 0 Å². The summed E-state index contributed by atoms with van der Waals surface area (Å²) in [4.78, 5) is 0. The van der Waals surface area contributed by atoms with E-state index in [9.17, 15) is 4.39 Å². The van der Waals surface area contributed by atoms with Crippen molar-refractivity contribution in [1.29, 1.82) is 0 Å². The third-order valence-electron chi connectivity index (χ3n) is 1.08. The van der Waals surface area contributed by atoms with E-state index < -0.39 is 0 Å². The van der Waals surface area contributed by atoms with Gasteiger partial charge in [0.2, 0.25) is 0 Å². The standard InChI is InChI=1S/C7H5ClFI/c8-4-5-1-6(9)3-7(10)2-5/h1-3H,4H2. The lowest BCUT2D eigenvalue weighted by Gasteiger charge is -1.95. The highest BCUT2D eigenvalue weighted by Gasteiger charge is 1.95. The maximum Gasteiger partial charge on any atom is 0.124 e. The van der Waals surface area contributed by atoms with Gasteiger partial charge in [0.15, 0.2) is 0 Å². The summed E-state index contributed by atoms with van der Waals surface area (Å²) in [5.41, 5.74) is 0.825. The molecule has 0 heterocycles. The minimum atomic E-state index is -0.220. The average Bonchev–Trinajstić information content (AvgIpc) is 1.85. The SMILES string of the molecule is Fc1cc(I)cc(CCl)c1. The number of benzene rings is 1. The fourth-order valence-corrected chi connectivity index (χ4v) is 1.54. The Balaban J connectivity index is 3.06. The molecule has 0 aliphatic carbocycles. The molecule has 1 aromatic rings. The predicted molar refractivity (Wildman–Crippen MR) is 48.7 cm³/mol. The summed E-state index contributed by atoms with van der Waals surface area (Å²) in [6.45, 7) is 0. The van der Waals surface area contributed by atoms with E-state index in [0.29, 0.717) is 5.88 Å². The van der Waals surface area contributed by atoms with E-state index in [4.69, 9.17) is 11.6 Å². The van der Waals surface area contributed by atoms with Crippen molar-refractivity contribution < 1.29 is 4.39 Å². The van der Waals surface area contributed by atoms with E-state index in [2.05, 4.69) is 22.6 Å². The molecule has 0 unspecified atom stereocenters. The molecule has 0 spiro atoms. The molecular weight excluding hydrogens is 265 g/mol. The zero-order valence-corrected chi connectivity index (χ0v) is 7.99. The van der Waals surface area contributed by atoms with Crippen LogP contribution in [0.4, 0.5) is 4.39 Å². The Kier molecular flexibility index (Phi) is 2.92. The van der Waals surface area contributed by atoms with Crippen LogP contribution in [0, 0.1) is 9.39 Å². The van der Waals surface area contributed by atoms with Crippen molar-refractivity contribution in [2.45, 2.75) is 5.88 Å². The molecule has 0 aliphatic heterocycles. The van der Waals surface area contributed by atoms with Gasteiger partial charge >= 0.3 is 0 Å². The molecule has 54 valence electrons. The number of alkyl halides is 1. The number of rotatable bonds is 1. The molecule has 3 heteroatoms. The van der Waals surface area contributed by atoms with Crippen LogP contribution in [0.2, 0.25) is 0 Å².